The van der Waals surface area contributed by atoms with E-state index in [2.05, 4.69) is 5.32 Å². The predicted octanol–water partition coefficient (Wildman–Crippen LogP) is 1.52. The Balaban J connectivity index is 3.02. The van der Waals surface area contributed by atoms with Crippen LogP contribution in [0.2, 0.25) is 0 Å². The van der Waals surface area contributed by atoms with Crippen LogP contribution >= 0.6 is 11.8 Å². The van der Waals surface area contributed by atoms with E-state index in [1.54, 1.807) is 6.26 Å². The molecule has 1 aromatic rings. The molecule has 0 aromatic heterocycles. The Bertz CT molecular complexity index is 532. The van der Waals surface area contributed by atoms with Crippen LogP contribution in [0.4, 0.5) is 5.69 Å². The molecule has 0 spiro atoms. The maximum absolute atomic E-state index is 11.7. The van der Waals surface area contributed by atoms with E-state index in [0.717, 1.165) is 6.07 Å². The molecule has 0 aliphatic heterocycles. The number of nitrogens with zero attached hydrogens (tertiary/aromatic N) is 1. The van der Waals surface area contributed by atoms with Crippen molar-refractivity contribution in [2.75, 3.05) is 6.26 Å². The van der Waals surface area contributed by atoms with Gasteiger partial charge in [-0.15, -0.1) is 11.8 Å². The summed E-state index contributed by atoms with van der Waals surface area (Å²) in [5, 5.41) is 21.8. The summed E-state index contributed by atoms with van der Waals surface area (Å²) in [6.07, 6.45) is 1.69. The number of benzene rings is 1. The Morgan fingerprint density at radius 1 is 1.47 bits per heavy atom. The molecule has 0 bridgehead atoms. The summed E-state index contributed by atoms with van der Waals surface area (Å²) >= 11 is 1.20. The van der Waals surface area contributed by atoms with Crippen LogP contribution in [0.3, 0.4) is 0 Å². The number of carbonyl (C=O) groups excluding carboxylic acids is 1. The second-order valence-corrected chi connectivity index (χ2v) is 4.53. The first-order valence-corrected chi connectivity index (χ1v) is 6.45. The molecule has 0 heterocycles. The molecule has 7 nitrogen and oxygen atoms in total. The van der Waals surface area contributed by atoms with Gasteiger partial charge in [-0.25, -0.2) is 0 Å². The quantitative estimate of drug-likeness (QED) is 0.482. The number of nitrogens with one attached hydrogen (secondary N) is 1. The first-order chi connectivity index (χ1) is 8.86. The standard InChI is InChI=1S/C11H12N2O5S/c1-6(11(15)16)12-10(14)7-3-4-9(19-2)8(5-7)13(17)18/h3-6H,1-2H3,(H,12,14)(H,15,16). The minimum absolute atomic E-state index is 0.0533. The van der Waals surface area contributed by atoms with Crippen LogP contribution in [0.25, 0.3) is 0 Å². The monoisotopic (exact) mass is 284 g/mol. The zero-order chi connectivity index (χ0) is 14.6. The van der Waals surface area contributed by atoms with Gasteiger partial charge in [-0.05, 0) is 25.3 Å². The Labute approximate surface area is 113 Å². The maximum atomic E-state index is 11.7. The van der Waals surface area contributed by atoms with E-state index in [1.807, 2.05) is 0 Å². The molecule has 8 heteroatoms. The lowest BCUT2D eigenvalue weighted by Gasteiger charge is -2.09. The van der Waals surface area contributed by atoms with E-state index in [0.29, 0.717) is 4.90 Å². The highest BCUT2D eigenvalue weighted by Crippen LogP contribution is 2.28. The van der Waals surface area contributed by atoms with Crippen molar-refractivity contribution in [1.82, 2.24) is 5.32 Å². The molecule has 0 saturated heterocycles. The molecule has 0 aliphatic rings. The van der Waals surface area contributed by atoms with Gasteiger partial charge in [-0.3, -0.25) is 19.7 Å². The van der Waals surface area contributed by atoms with Crippen molar-refractivity contribution in [2.45, 2.75) is 17.9 Å². The van der Waals surface area contributed by atoms with Crippen molar-refractivity contribution in [3.8, 4) is 0 Å². The van der Waals surface area contributed by atoms with Crippen LogP contribution in [0.5, 0.6) is 0 Å². The molecule has 0 radical (unpaired) electrons. The van der Waals surface area contributed by atoms with Gasteiger partial charge in [-0.2, -0.15) is 0 Å². The molecule has 102 valence electrons. The Hall–Kier alpha value is -2.09. The molecule has 2 N–H and O–H groups in total. The van der Waals surface area contributed by atoms with Gasteiger partial charge in [0.1, 0.15) is 6.04 Å². The largest absolute Gasteiger partial charge is 0.480 e. The Morgan fingerprint density at radius 2 is 2.11 bits per heavy atom. The molecule has 0 fully saturated rings. The van der Waals surface area contributed by atoms with Gasteiger partial charge in [0, 0.05) is 11.6 Å². The smallest absolute Gasteiger partial charge is 0.325 e. The van der Waals surface area contributed by atoms with Crippen LogP contribution in [-0.4, -0.2) is 34.2 Å². The summed E-state index contributed by atoms with van der Waals surface area (Å²) in [6, 6.07) is 2.95. The van der Waals surface area contributed by atoms with Gasteiger partial charge in [0.05, 0.1) is 9.82 Å². The lowest BCUT2D eigenvalue weighted by molar-refractivity contribution is -0.387. The predicted molar refractivity (Wildman–Crippen MR) is 69.4 cm³/mol. The number of hydrogen-bond donors (Lipinski definition) is 2. The van der Waals surface area contributed by atoms with Gasteiger partial charge < -0.3 is 10.4 Å². The number of nitro benzene ring substituents is 1. The van der Waals surface area contributed by atoms with Crippen LogP contribution in [0.15, 0.2) is 23.1 Å². The van der Waals surface area contributed by atoms with Crippen molar-refractivity contribution >= 4 is 29.3 Å². The van der Waals surface area contributed by atoms with Crippen molar-refractivity contribution in [3.05, 3.63) is 33.9 Å². The van der Waals surface area contributed by atoms with Crippen molar-refractivity contribution < 1.29 is 19.6 Å². The molecule has 1 rings (SSSR count). The van der Waals surface area contributed by atoms with Crippen LogP contribution in [0.1, 0.15) is 17.3 Å². The molecular weight excluding hydrogens is 272 g/mol. The van der Waals surface area contributed by atoms with E-state index in [4.69, 9.17) is 5.11 Å². The zero-order valence-electron chi connectivity index (χ0n) is 10.2. The number of amides is 1. The molecule has 1 atom stereocenters. The first-order valence-electron chi connectivity index (χ1n) is 5.23. The highest BCUT2D eigenvalue weighted by atomic mass is 32.2. The number of nitro groups is 1. The molecule has 0 saturated carbocycles. The minimum Gasteiger partial charge on any atom is -0.480 e. The molecule has 1 amide bonds. The number of carbonyl (C=O) groups is 2. The third kappa shape index (κ3) is 3.68. The van der Waals surface area contributed by atoms with E-state index < -0.39 is 22.8 Å². The van der Waals surface area contributed by atoms with Crippen molar-refractivity contribution in [1.29, 1.82) is 0 Å². The normalized spacial score (nSPS) is 11.7. The Morgan fingerprint density at radius 3 is 2.58 bits per heavy atom. The van der Waals surface area contributed by atoms with Gasteiger partial charge in [-0.1, -0.05) is 0 Å². The van der Waals surface area contributed by atoms with E-state index in [9.17, 15) is 19.7 Å². The van der Waals surface area contributed by atoms with Crippen molar-refractivity contribution in [2.24, 2.45) is 0 Å². The lowest BCUT2D eigenvalue weighted by atomic mass is 10.1. The first kappa shape index (κ1) is 15.0. The van der Waals surface area contributed by atoms with Gasteiger partial charge in [0.15, 0.2) is 0 Å². The minimum atomic E-state index is -1.18. The third-order valence-electron chi connectivity index (χ3n) is 2.36. The summed E-state index contributed by atoms with van der Waals surface area (Å²) in [5.41, 5.74) is -0.124. The van der Waals surface area contributed by atoms with E-state index in [1.165, 1.54) is 30.8 Å². The highest BCUT2D eigenvalue weighted by Gasteiger charge is 2.19. The summed E-state index contributed by atoms with van der Waals surface area (Å²) in [4.78, 5) is 33.1. The number of thioether (sulfide) groups is 1. The van der Waals surface area contributed by atoms with Crippen LogP contribution < -0.4 is 5.32 Å². The second-order valence-electron chi connectivity index (χ2n) is 3.68. The summed E-state index contributed by atoms with van der Waals surface area (Å²) in [5.74, 6) is -1.84. The van der Waals surface area contributed by atoms with Gasteiger partial charge in [0.25, 0.3) is 11.6 Å². The van der Waals surface area contributed by atoms with E-state index >= 15 is 0 Å². The number of carboxylic acid groups (broad SMARTS) is 1. The number of hydrogen-bond acceptors (Lipinski definition) is 5. The summed E-state index contributed by atoms with van der Waals surface area (Å²) in [6.45, 7) is 1.31. The number of aliphatic carboxylic acids is 1. The fourth-order valence-corrected chi connectivity index (χ4v) is 1.86. The average Bonchev–Trinajstić information content (AvgIpc) is 2.37. The number of rotatable bonds is 5. The molecule has 19 heavy (non-hydrogen) atoms. The Kier molecular flexibility index (Phi) is 4.87. The lowest BCUT2D eigenvalue weighted by Crippen LogP contribution is -2.38. The average molecular weight is 284 g/mol. The number of carboxylic acids is 1. The van der Waals surface area contributed by atoms with Gasteiger partial charge in [0.2, 0.25) is 0 Å². The second kappa shape index (κ2) is 6.19. The SMILES string of the molecule is CSc1ccc(C(=O)NC(C)C(=O)O)cc1[N+](=O)[O-]. The third-order valence-corrected chi connectivity index (χ3v) is 3.14. The van der Waals surface area contributed by atoms with Crippen molar-refractivity contribution in [3.63, 3.8) is 0 Å². The fraction of sp³-hybridized carbons (Fsp3) is 0.273. The molecular formula is C11H12N2O5S. The molecule has 0 aliphatic carbocycles. The molecule has 1 unspecified atom stereocenters. The van der Waals surface area contributed by atoms with E-state index in [-0.39, 0.29) is 11.3 Å². The van der Waals surface area contributed by atoms with Crippen LogP contribution in [-0.2, 0) is 4.79 Å². The topological polar surface area (TPSA) is 110 Å². The van der Waals surface area contributed by atoms with Gasteiger partial charge >= 0.3 is 5.97 Å². The summed E-state index contributed by atoms with van der Waals surface area (Å²) < 4.78 is 0. The maximum Gasteiger partial charge on any atom is 0.325 e. The molecule has 1 aromatic carbocycles. The highest BCUT2D eigenvalue weighted by molar-refractivity contribution is 7.98. The van der Waals surface area contributed by atoms with Crippen LogP contribution in [0, 0.1) is 10.1 Å². The summed E-state index contributed by atoms with van der Waals surface area (Å²) in [7, 11) is 0. The fourth-order valence-electron chi connectivity index (χ4n) is 1.32. The zero-order valence-corrected chi connectivity index (χ0v) is 11.1.